The molecule has 4 rings (SSSR count). The molecule has 170 valence electrons. The Bertz CT molecular complexity index is 955. The monoisotopic (exact) mass is 438 g/mol. The van der Waals surface area contributed by atoms with Crippen LogP contribution in [0.5, 0.6) is 5.75 Å². The average Bonchev–Trinajstić information content (AvgIpc) is 3.33. The van der Waals surface area contributed by atoms with Crippen LogP contribution in [0.25, 0.3) is 0 Å². The van der Waals surface area contributed by atoms with Crippen molar-refractivity contribution < 1.29 is 19.0 Å². The Labute approximate surface area is 188 Å². The summed E-state index contributed by atoms with van der Waals surface area (Å²) in [6.45, 7) is 5.64. The molecular weight excluding hydrogens is 408 g/mol. The molecular formula is C24H30N4O4. The fourth-order valence-electron chi connectivity index (χ4n) is 3.83. The van der Waals surface area contributed by atoms with Crippen molar-refractivity contribution in [3.05, 3.63) is 60.2 Å². The largest absolute Gasteiger partial charge is 0.490 e. The molecule has 0 radical (unpaired) electrons. The van der Waals surface area contributed by atoms with Crippen molar-refractivity contribution in [3.63, 3.8) is 0 Å². The van der Waals surface area contributed by atoms with Gasteiger partial charge in [0.25, 0.3) is 0 Å². The number of aromatic amines is 1. The van der Waals surface area contributed by atoms with Crippen LogP contribution in [0, 0.1) is 0 Å². The second kappa shape index (κ2) is 10.9. The van der Waals surface area contributed by atoms with Crippen molar-refractivity contribution in [2.75, 3.05) is 49.3 Å². The summed E-state index contributed by atoms with van der Waals surface area (Å²) < 4.78 is 16.9. The van der Waals surface area contributed by atoms with E-state index in [4.69, 9.17) is 14.2 Å². The van der Waals surface area contributed by atoms with Crippen LogP contribution in [0.1, 0.15) is 25.5 Å². The molecule has 1 N–H and O–H groups in total. The molecule has 8 heteroatoms. The van der Waals surface area contributed by atoms with Crippen molar-refractivity contribution in [1.82, 2.24) is 9.97 Å². The summed E-state index contributed by atoms with van der Waals surface area (Å²) in [7, 11) is 0. The van der Waals surface area contributed by atoms with Gasteiger partial charge in [0.05, 0.1) is 44.0 Å². The van der Waals surface area contributed by atoms with Crippen LogP contribution in [0.15, 0.2) is 54.5 Å². The topological polar surface area (TPSA) is 79.9 Å². The second-order valence-corrected chi connectivity index (χ2v) is 7.69. The number of carbonyl (C=O) groups excluding carboxylic acids is 1. The molecule has 1 aromatic carbocycles. The zero-order chi connectivity index (χ0) is 22.2. The highest BCUT2D eigenvalue weighted by molar-refractivity contribution is 5.89. The van der Waals surface area contributed by atoms with E-state index in [-0.39, 0.29) is 12.7 Å². The number of H-pyrrole nitrogens is 1. The standard InChI is InChI=1S/C24H30N4O4/c1-2-28(24(29)32-13-12-30-17-19-6-4-3-5-7-19)21-8-9-23-22(14-21)27(10-11-31-23)16-20-15-25-18-26-20/h3-4,6,8-9,14-15,18H,2,5,7,10-13,16-17H2,1H3,(H,25,26). The number of fused-ring (bicyclic) bond motifs is 1. The number of nitrogens with one attached hydrogen (secondary N) is 1. The number of ether oxygens (including phenoxy) is 3. The zero-order valence-corrected chi connectivity index (χ0v) is 18.5. The lowest BCUT2D eigenvalue weighted by atomic mass is 10.1. The van der Waals surface area contributed by atoms with Crippen molar-refractivity contribution in [2.24, 2.45) is 0 Å². The quantitative estimate of drug-likeness (QED) is 0.595. The van der Waals surface area contributed by atoms with Crippen LogP contribution in [-0.2, 0) is 16.0 Å². The van der Waals surface area contributed by atoms with Crippen LogP contribution in [0.4, 0.5) is 16.2 Å². The number of benzene rings is 1. The normalized spacial score (nSPS) is 15.0. The van der Waals surface area contributed by atoms with E-state index >= 15 is 0 Å². The molecule has 0 spiro atoms. The van der Waals surface area contributed by atoms with E-state index in [1.165, 1.54) is 5.57 Å². The fourth-order valence-corrected chi connectivity index (χ4v) is 3.83. The Hall–Kier alpha value is -3.26. The Balaban J connectivity index is 1.34. The molecule has 1 aromatic heterocycles. The summed E-state index contributed by atoms with van der Waals surface area (Å²) in [5.41, 5.74) is 3.94. The maximum atomic E-state index is 12.7. The molecule has 2 aliphatic rings. The molecule has 0 fully saturated rings. The predicted octanol–water partition coefficient (Wildman–Crippen LogP) is 4.06. The number of carbonyl (C=O) groups is 1. The van der Waals surface area contributed by atoms with Gasteiger partial charge in [-0.1, -0.05) is 18.2 Å². The average molecular weight is 439 g/mol. The SMILES string of the molecule is CCN(C(=O)OCCOCC1=CC=CCC1)c1ccc2c(c1)N(Cc1c[nH]cn1)CCO2. The van der Waals surface area contributed by atoms with Gasteiger partial charge in [-0.05, 0) is 43.5 Å². The molecule has 8 nitrogen and oxygen atoms in total. The Morgan fingerprint density at radius 2 is 2.28 bits per heavy atom. The van der Waals surface area contributed by atoms with Gasteiger partial charge in [0.15, 0.2) is 0 Å². The molecule has 1 aliphatic carbocycles. The summed E-state index contributed by atoms with van der Waals surface area (Å²) in [5.74, 6) is 0.806. The first kappa shape index (κ1) is 22.0. The number of allylic oxidation sites excluding steroid dienone is 3. The molecule has 1 amide bonds. The van der Waals surface area contributed by atoms with Gasteiger partial charge in [-0.25, -0.2) is 9.78 Å². The Morgan fingerprint density at radius 1 is 1.34 bits per heavy atom. The van der Waals surface area contributed by atoms with Crippen LogP contribution in [0.2, 0.25) is 0 Å². The molecule has 0 saturated carbocycles. The lowest BCUT2D eigenvalue weighted by molar-refractivity contribution is 0.0853. The van der Waals surface area contributed by atoms with Crippen molar-refractivity contribution in [2.45, 2.75) is 26.3 Å². The van der Waals surface area contributed by atoms with E-state index in [0.717, 1.165) is 42.2 Å². The number of amides is 1. The number of imidazole rings is 1. The van der Waals surface area contributed by atoms with Gasteiger partial charge < -0.3 is 24.1 Å². The molecule has 1 aliphatic heterocycles. The first-order chi connectivity index (χ1) is 15.7. The van der Waals surface area contributed by atoms with Gasteiger partial charge >= 0.3 is 6.09 Å². The Kier molecular flexibility index (Phi) is 7.45. The highest BCUT2D eigenvalue weighted by Crippen LogP contribution is 2.36. The third-order valence-corrected chi connectivity index (χ3v) is 5.50. The number of anilines is 2. The van der Waals surface area contributed by atoms with Crippen LogP contribution >= 0.6 is 0 Å². The summed E-state index contributed by atoms with van der Waals surface area (Å²) in [4.78, 5) is 23.9. The smallest absolute Gasteiger partial charge is 0.414 e. The molecule has 2 heterocycles. The molecule has 0 bridgehead atoms. The third kappa shape index (κ3) is 5.50. The van der Waals surface area contributed by atoms with E-state index < -0.39 is 0 Å². The van der Waals surface area contributed by atoms with E-state index in [0.29, 0.717) is 32.9 Å². The number of nitrogens with zero attached hydrogens (tertiary/aromatic N) is 3. The first-order valence-corrected chi connectivity index (χ1v) is 11.1. The predicted molar refractivity (Wildman–Crippen MR) is 123 cm³/mol. The van der Waals surface area contributed by atoms with Gasteiger partial charge in [-0.15, -0.1) is 0 Å². The fraction of sp³-hybridized carbons (Fsp3) is 0.417. The second-order valence-electron chi connectivity index (χ2n) is 7.69. The Morgan fingerprint density at radius 3 is 3.06 bits per heavy atom. The minimum Gasteiger partial charge on any atom is -0.490 e. The maximum Gasteiger partial charge on any atom is 0.414 e. The summed E-state index contributed by atoms with van der Waals surface area (Å²) in [5, 5.41) is 0. The van der Waals surface area contributed by atoms with Crippen molar-refractivity contribution in [1.29, 1.82) is 0 Å². The third-order valence-electron chi connectivity index (χ3n) is 5.50. The van der Waals surface area contributed by atoms with Gasteiger partial charge in [0.2, 0.25) is 0 Å². The molecule has 32 heavy (non-hydrogen) atoms. The van der Waals surface area contributed by atoms with Gasteiger partial charge in [0.1, 0.15) is 19.0 Å². The minimum atomic E-state index is -0.383. The summed E-state index contributed by atoms with van der Waals surface area (Å²) in [6, 6.07) is 5.78. The van der Waals surface area contributed by atoms with Gasteiger partial charge in [-0.3, -0.25) is 4.90 Å². The van der Waals surface area contributed by atoms with Crippen molar-refractivity contribution in [3.8, 4) is 5.75 Å². The van der Waals surface area contributed by atoms with E-state index in [2.05, 4.69) is 33.1 Å². The molecule has 2 aromatic rings. The van der Waals surface area contributed by atoms with Crippen LogP contribution in [-0.4, -0.2) is 55.6 Å². The molecule has 0 saturated heterocycles. The van der Waals surface area contributed by atoms with Gasteiger partial charge in [0, 0.05) is 18.4 Å². The lowest BCUT2D eigenvalue weighted by Gasteiger charge is -2.32. The zero-order valence-electron chi connectivity index (χ0n) is 18.5. The van der Waals surface area contributed by atoms with E-state index in [1.54, 1.807) is 11.2 Å². The van der Waals surface area contributed by atoms with E-state index in [1.807, 2.05) is 31.3 Å². The number of hydrogen-bond acceptors (Lipinski definition) is 6. The van der Waals surface area contributed by atoms with Gasteiger partial charge in [-0.2, -0.15) is 0 Å². The number of rotatable bonds is 9. The number of hydrogen-bond donors (Lipinski definition) is 1. The first-order valence-electron chi connectivity index (χ1n) is 11.1. The van der Waals surface area contributed by atoms with Crippen LogP contribution < -0.4 is 14.5 Å². The molecule has 0 unspecified atom stereocenters. The maximum absolute atomic E-state index is 12.7. The summed E-state index contributed by atoms with van der Waals surface area (Å²) in [6.07, 6.45) is 11.6. The summed E-state index contributed by atoms with van der Waals surface area (Å²) >= 11 is 0. The highest BCUT2D eigenvalue weighted by atomic mass is 16.6. The van der Waals surface area contributed by atoms with Crippen molar-refractivity contribution >= 4 is 17.5 Å². The number of aromatic nitrogens is 2. The lowest BCUT2D eigenvalue weighted by Crippen LogP contribution is -2.34. The molecule has 0 atom stereocenters. The van der Waals surface area contributed by atoms with E-state index in [9.17, 15) is 4.79 Å². The van der Waals surface area contributed by atoms with Crippen LogP contribution in [0.3, 0.4) is 0 Å². The minimum absolute atomic E-state index is 0.220. The highest BCUT2D eigenvalue weighted by Gasteiger charge is 2.23.